The molecule has 0 saturated heterocycles. The van der Waals surface area contributed by atoms with Crippen LogP contribution in [0.4, 0.5) is 5.69 Å². The zero-order valence-electron chi connectivity index (χ0n) is 11.9. The molecular formula is C16H18N2O2. The summed E-state index contributed by atoms with van der Waals surface area (Å²) in [6.07, 6.45) is 1.74. The largest absolute Gasteiger partial charge is 0.493 e. The molecule has 4 heteroatoms. The van der Waals surface area contributed by atoms with Gasteiger partial charge in [0, 0.05) is 0 Å². The number of nitrogens with zero attached hydrogens (tertiary/aromatic N) is 1. The quantitative estimate of drug-likeness (QED) is 0.668. The number of methoxy groups -OCH3 is 2. The first-order valence-corrected chi connectivity index (χ1v) is 6.30. The number of rotatable bonds is 5. The van der Waals surface area contributed by atoms with Crippen LogP contribution in [-0.2, 0) is 0 Å². The third kappa shape index (κ3) is 3.51. The highest BCUT2D eigenvalue weighted by Gasteiger charge is 2.02. The van der Waals surface area contributed by atoms with Crippen molar-refractivity contribution in [2.24, 2.45) is 5.10 Å². The summed E-state index contributed by atoms with van der Waals surface area (Å²) in [7, 11) is 3.23. The fraction of sp³-hybridized carbons (Fsp3) is 0.188. The summed E-state index contributed by atoms with van der Waals surface area (Å²) in [5.74, 6) is 1.39. The third-order valence-electron chi connectivity index (χ3n) is 2.87. The third-order valence-corrected chi connectivity index (χ3v) is 2.87. The molecule has 0 unspecified atom stereocenters. The Morgan fingerprint density at radius 2 is 1.65 bits per heavy atom. The van der Waals surface area contributed by atoms with Crippen LogP contribution in [0.5, 0.6) is 11.5 Å². The second kappa shape index (κ2) is 6.61. The highest BCUT2D eigenvalue weighted by molar-refractivity contribution is 5.81. The van der Waals surface area contributed by atoms with Gasteiger partial charge in [-0.25, -0.2) is 0 Å². The Bertz CT molecular complexity index is 592. The molecule has 2 aromatic carbocycles. The van der Waals surface area contributed by atoms with Crippen molar-refractivity contribution in [3.63, 3.8) is 0 Å². The molecule has 0 atom stereocenters. The Balaban J connectivity index is 2.05. The van der Waals surface area contributed by atoms with E-state index in [1.807, 2.05) is 42.5 Å². The first kappa shape index (κ1) is 13.9. The zero-order chi connectivity index (χ0) is 14.4. The summed E-state index contributed by atoms with van der Waals surface area (Å²) in [6.45, 7) is 2.05. The monoisotopic (exact) mass is 270 g/mol. The topological polar surface area (TPSA) is 42.8 Å². The van der Waals surface area contributed by atoms with E-state index in [0.29, 0.717) is 11.5 Å². The fourth-order valence-corrected chi connectivity index (χ4v) is 1.74. The van der Waals surface area contributed by atoms with Crippen molar-refractivity contribution < 1.29 is 9.47 Å². The zero-order valence-corrected chi connectivity index (χ0v) is 11.9. The van der Waals surface area contributed by atoms with Crippen molar-refractivity contribution >= 4 is 11.9 Å². The first-order valence-electron chi connectivity index (χ1n) is 6.30. The molecule has 104 valence electrons. The second-order valence-electron chi connectivity index (χ2n) is 4.35. The van der Waals surface area contributed by atoms with Crippen molar-refractivity contribution in [2.75, 3.05) is 19.6 Å². The van der Waals surface area contributed by atoms with E-state index in [2.05, 4.69) is 17.5 Å². The van der Waals surface area contributed by atoms with Crippen LogP contribution in [0, 0.1) is 6.92 Å². The minimum absolute atomic E-state index is 0.687. The normalized spacial score (nSPS) is 10.6. The maximum Gasteiger partial charge on any atom is 0.161 e. The van der Waals surface area contributed by atoms with E-state index in [4.69, 9.17) is 9.47 Å². The SMILES string of the molecule is COc1ccc(/C=N\Nc2ccc(C)cc2)cc1OC. The van der Waals surface area contributed by atoms with Gasteiger partial charge in [0.2, 0.25) is 0 Å². The molecule has 0 heterocycles. The summed E-state index contributed by atoms with van der Waals surface area (Å²) in [5, 5.41) is 4.20. The highest BCUT2D eigenvalue weighted by Crippen LogP contribution is 2.26. The van der Waals surface area contributed by atoms with Crippen LogP contribution >= 0.6 is 0 Å². The minimum atomic E-state index is 0.687. The average molecular weight is 270 g/mol. The number of hydrogen-bond donors (Lipinski definition) is 1. The van der Waals surface area contributed by atoms with Gasteiger partial charge in [-0.05, 0) is 42.8 Å². The molecule has 1 N–H and O–H groups in total. The van der Waals surface area contributed by atoms with E-state index in [-0.39, 0.29) is 0 Å². The maximum atomic E-state index is 5.25. The maximum absolute atomic E-state index is 5.25. The van der Waals surface area contributed by atoms with Crippen LogP contribution in [0.3, 0.4) is 0 Å². The molecule has 0 spiro atoms. The van der Waals surface area contributed by atoms with Crippen molar-refractivity contribution in [3.8, 4) is 11.5 Å². The van der Waals surface area contributed by atoms with Gasteiger partial charge in [0.05, 0.1) is 26.1 Å². The average Bonchev–Trinajstić information content (AvgIpc) is 2.49. The number of hydrogen-bond acceptors (Lipinski definition) is 4. The second-order valence-corrected chi connectivity index (χ2v) is 4.35. The van der Waals surface area contributed by atoms with Gasteiger partial charge in [0.15, 0.2) is 11.5 Å². The lowest BCUT2D eigenvalue weighted by atomic mass is 10.2. The molecule has 0 saturated carbocycles. The molecular weight excluding hydrogens is 252 g/mol. The Morgan fingerprint density at radius 1 is 0.950 bits per heavy atom. The summed E-state index contributed by atoms with van der Waals surface area (Å²) < 4.78 is 10.4. The van der Waals surface area contributed by atoms with Crippen LogP contribution < -0.4 is 14.9 Å². The van der Waals surface area contributed by atoms with Gasteiger partial charge in [-0.1, -0.05) is 17.7 Å². The molecule has 2 rings (SSSR count). The van der Waals surface area contributed by atoms with Crippen molar-refractivity contribution in [3.05, 3.63) is 53.6 Å². The number of hydrazone groups is 1. The highest BCUT2D eigenvalue weighted by atomic mass is 16.5. The summed E-state index contributed by atoms with van der Waals surface area (Å²) in [4.78, 5) is 0. The predicted molar refractivity (Wildman–Crippen MR) is 81.9 cm³/mol. The molecule has 20 heavy (non-hydrogen) atoms. The van der Waals surface area contributed by atoms with Gasteiger partial charge in [-0.3, -0.25) is 5.43 Å². The first-order chi connectivity index (χ1) is 9.72. The van der Waals surface area contributed by atoms with E-state index in [1.165, 1.54) is 5.56 Å². The van der Waals surface area contributed by atoms with Crippen LogP contribution in [0.25, 0.3) is 0 Å². The number of nitrogens with one attached hydrogen (secondary N) is 1. The lowest BCUT2D eigenvalue weighted by Crippen LogP contribution is -1.94. The molecule has 0 aliphatic heterocycles. The van der Waals surface area contributed by atoms with Crippen molar-refractivity contribution in [1.29, 1.82) is 0 Å². The van der Waals surface area contributed by atoms with Crippen LogP contribution in [0.2, 0.25) is 0 Å². The molecule has 0 aromatic heterocycles. The molecule has 4 nitrogen and oxygen atoms in total. The predicted octanol–water partition coefficient (Wildman–Crippen LogP) is 3.46. The Hall–Kier alpha value is -2.49. The lowest BCUT2D eigenvalue weighted by Gasteiger charge is -2.07. The fourth-order valence-electron chi connectivity index (χ4n) is 1.74. The lowest BCUT2D eigenvalue weighted by molar-refractivity contribution is 0.355. The summed E-state index contributed by atoms with van der Waals surface area (Å²) in [5.41, 5.74) is 6.09. The summed E-state index contributed by atoms with van der Waals surface area (Å²) >= 11 is 0. The van der Waals surface area contributed by atoms with Crippen molar-refractivity contribution in [1.82, 2.24) is 0 Å². The van der Waals surface area contributed by atoms with Gasteiger partial charge in [-0.15, -0.1) is 0 Å². The van der Waals surface area contributed by atoms with Crippen LogP contribution in [0.15, 0.2) is 47.6 Å². The Kier molecular flexibility index (Phi) is 4.60. The van der Waals surface area contributed by atoms with Crippen LogP contribution in [-0.4, -0.2) is 20.4 Å². The number of ether oxygens (including phenoxy) is 2. The van der Waals surface area contributed by atoms with E-state index >= 15 is 0 Å². The van der Waals surface area contributed by atoms with Gasteiger partial charge in [0.1, 0.15) is 0 Å². The molecule has 0 aliphatic carbocycles. The molecule has 0 aliphatic rings. The Labute approximate surface area is 119 Å². The summed E-state index contributed by atoms with van der Waals surface area (Å²) in [6, 6.07) is 13.7. The molecule has 0 fully saturated rings. The van der Waals surface area contributed by atoms with E-state index in [1.54, 1.807) is 20.4 Å². The Morgan fingerprint density at radius 3 is 2.30 bits per heavy atom. The van der Waals surface area contributed by atoms with E-state index in [0.717, 1.165) is 11.3 Å². The molecule has 2 aromatic rings. The van der Waals surface area contributed by atoms with Gasteiger partial charge in [0.25, 0.3) is 0 Å². The van der Waals surface area contributed by atoms with E-state index in [9.17, 15) is 0 Å². The van der Waals surface area contributed by atoms with Crippen molar-refractivity contribution in [2.45, 2.75) is 6.92 Å². The number of aryl methyl sites for hydroxylation is 1. The van der Waals surface area contributed by atoms with Gasteiger partial charge < -0.3 is 9.47 Å². The number of anilines is 1. The van der Waals surface area contributed by atoms with Gasteiger partial charge in [-0.2, -0.15) is 5.10 Å². The number of benzene rings is 2. The molecule has 0 amide bonds. The van der Waals surface area contributed by atoms with E-state index < -0.39 is 0 Å². The minimum Gasteiger partial charge on any atom is -0.493 e. The molecule has 0 bridgehead atoms. The van der Waals surface area contributed by atoms with Crippen LogP contribution in [0.1, 0.15) is 11.1 Å². The molecule has 0 radical (unpaired) electrons. The smallest absolute Gasteiger partial charge is 0.161 e. The standard InChI is InChI=1S/C16H18N2O2/c1-12-4-7-14(8-5-12)18-17-11-13-6-9-15(19-2)16(10-13)20-3/h4-11,18H,1-3H3/b17-11-. The van der Waals surface area contributed by atoms with Gasteiger partial charge >= 0.3 is 0 Å².